The summed E-state index contributed by atoms with van der Waals surface area (Å²) in [6.07, 6.45) is 5.00. The van der Waals surface area contributed by atoms with Crippen LogP contribution in [0, 0.1) is 0 Å². The Kier molecular flexibility index (Phi) is 3.22. The van der Waals surface area contributed by atoms with Crippen molar-refractivity contribution in [1.29, 1.82) is 0 Å². The van der Waals surface area contributed by atoms with E-state index in [0.717, 1.165) is 39.9 Å². The summed E-state index contributed by atoms with van der Waals surface area (Å²) < 4.78 is 0. The van der Waals surface area contributed by atoms with Crippen molar-refractivity contribution in [2.45, 2.75) is 39.2 Å². The molecular formula is C18H18N4O. The molecule has 1 aliphatic rings. The highest BCUT2D eigenvalue weighted by Gasteiger charge is 2.23. The lowest BCUT2D eigenvalue weighted by atomic mass is 10.1. The van der Waals surface area contributed by atoms with Gasteiger partial charge in [0.25, 0.3) is 0 Å². The zero-order chi connectivity index (χ0) is 16.0. The second-order valence-electron chi connectivity index (χ2n) is 6.07. The molecule has 0 amide bonds. The molecular weight excluding hydrogens is 288 g/mol. The number of fused-ring (bicyclic) bond motifs is 3. The number of ketones is 1. The first-order valence-electron chi connectivity index (χ1n) is 8.02. The van der Waals surface area contributed by atoms with Gasteiger partial charge < -0.3 is 5.32 Å². The molecule has 0 spiro atoms. The van der Waals surface area contributed by atoms with Crippen LogP contribution in [0.4, 0.5) is 5.82 Å². The summed E-state index contributed by atoms with van der Waals surface area (Å²) in [5, 5.41) is 5.42. The fourth-order valence-corrected chi connectivity index (χ4v) is 2.73. The number of aryl methyl sites for hydroxylation is 1. The van der Waals surface area contributed by atoms with Gasteiger partial charge in [0.1, 0.15) is 11.3 Å². The summed E-state index contributed by atoms with van der Waals surface area (Å²) in [6, 6.07) is 6.12. The van der Waals surface area contributed by atoms with Crippen molar-refractivity contribution in [3.05, 3.63) is 35.8 Å². The molecule has 5 nitrogen and oxygen atoms in total. The van der Waals surface area contributed by atoms with E-state index >= 15 is 0 Å². The number of hydrogen-bond acceptors (Lipinski definition) is 5. The number of aromatic nitrogens is 3. The number of pyridine rings is 1. The van der Waals surface area contributed by atoms with Gasteiger partial charge in [-0.1, -0.05) is 19.1 Å². The third kappa shape index (κ3) is 2.52. The minimum atomic E-state index is 0.0445. The molecule has 0 aliphatic heterocycles. The number of nitrogens with one attached hydrogen (secondary N) is 1. The lowest BCUT2D eigenvalue weighted by Crippen LogP contribution is -2.06. The first kappa shape index (κ1) is 14.1. The molecule has 0 saturated heterocycles. The average molecular weight is 306 g/mol. The second kappa shape index (κ2) is 5.26. The molecule has 1 aliphatic carbocycles. The van der Waals surface area contributed by atoms with Gasteiger partial charge in [-0.2, -0.15) is 0 Å². The number of rotatable bonds is 4. The highest BCUT2D eigenvalue weighted by atomic mass is 16.1. The van der Waals surface area contributed by atoms with Crippen LogP contribution < -0.4 is 5.32 Å². The Labute approximate surface area is 134 Å². The van der Waals surface area contributed by atoms with Crippen LogP contribution in [0.25, 0.3) is 21.8 Å². The van der Waals surface area contributed by atoms with E-state index in [1.807, 2.05) is 31.3 Å². The topological polar surface area (TPSA) is 67.8 Å². The zero-order valence-electron chi connectivity index (χ0n) is 13.3. The first-order chi connectivity index (χ1) is 11.2. The molecule has 0 atom stereocenters. The maximum Gasteiger partial charge on any atom is 0.159 e. The summed E-state index contributed by atoms with van der Waals surface area (Å²) in [6.45, 7) is 3.62. The standard InChI is InChI=1S/C18H18N4O/c1-3-16-19-9-14-13-7-4-11(10(2)23)8-15(13)21-18(17(14)22-16)20-12-5-6-12/h4,7-9,12H,3,5-6H2,1-2H3,(H,20,21). The van der Waals surface area contributed by atoms with Gasteiger partial charge in [0.15, 0.2) is 11.6 Å². The van der Waals surface area contributed by atoms with E-state index in [1.165, 1.54) is 12.8 Å². The first-order valence-corrected chi connectivity index (χ1v) is 8.02. The zero-order valence-corrected chi connectivity index (χ0v) is 13.3. The summed E-state index contributed by atoms with van der Waals surface area (Å²) >= 11 is 0. The van der Waals surface area contributed by atoms with E-state index in [0.29, 0.717) is 11.6 Å². The van der Waals surface area contributed by atoms with Gasteiger partial charge in [-0.05, 0) is 25.8 Å². The van der Waals surface area contributed by atoms with E-state index in [-0.39, 0.29) is 5.78 Å². The van der Waals surface area contributed by atoms with E-state index in [4.69, 9.17) is 4.98 Å². The van der Waals surface area contributed by atoms with Gasteiger partial charge in [-0.3, -0.25) is 4.79 Å². The van der Waals surface area contributed by atoms with Gasteiger partial charge in [-0.15, -0.1) is 0 Å². The van der Waals surface area contributed by atoms with Crippen molar-refractivity contribution in [3.8, 4) is 0 Å². The lowest BCUT2D eigenvalue weighted by Gasteiger charge is -2.11. The SMILES string of the molecule is CCc1ncc2c(n1)c(NC1CC1)nc1cc(C(C)=O)ccc12. The molecule has 5 heteroatoms. The monoisotopic (exact) mass is 306 g/mol. The Morgan fingerprint density at radius 2 is 2.09 bits per heavy atom. The van der Waals surface area contributed by atoms with Crippen LogP contribution in [-0.4, -0.2) is 26.8 Å². The Bertz CT molecular complexity index is 931. The van der Waals surface area contributed by atoms with Crippen molar-refractivity contribution >= 4 is 33.4 Å². The number of anilines is 1. The van der Waals surface area contributed by atoms with E-state index in [2.05, 4.69) is 15.3 Å². The molecule has 1 saturated carbocycles. The second-order valence-corrected chi connectivity index (χ2v) is 6.07. The summed E-state index contributed by atoms with van der Waals surface area (Å²) in [7, 11) is 0. The third-order valence-electron chi connectivity index (χ3n) is 4.22. The van der Waals surface area contributed by atoms with Crippen molar-refractivity contribution in [1.82, 2.24) is 15.0 Å². The number of carbonyl (C=O) groups is 1. The minimum Gasteiger partial charge on any atom is -0.366 e. The molecule has 0 radical (unpaired) electrons. The normalized spacial score (nSPS) is 14.3. The van der Waals surface area contributed by atoms with Crippen LogP contribution in [0.5, 0.6) is 0 Å². The highest BCUT2D eigenvalue weighted by molar-refractivity contribution is 6.10. The van der Waals surface area contributed by atoms with E-state index in [9.17, 15) is 4.79 Å². The van der Waals surface area contributed by atoms with Crippen LogP contribution in [0.2, 0.25) is 0 Å². The molecule has 1 N–H and O–H groups in total. The predicted molar refractivity (Wildman–Crippen MR) is 90.9 cm³/mol. The van der Waals surface area contributed by atoms with Gasteiger partial charge in [-0.25, -0.2) is 15.0 Å². The molecule has 23 heavy (non-hydrogen) atoms. The van der Waals surface area contributed by atoms with Crippen LogP contribution in [0.3, 0.4) is 0 Å². The molecule has 0 unspecified atom stereocenters. The van der Waals surface area contributed by atoms with Gasteiger partial charge in [0.05, 0.1) is 5.52 Å². The summed E-state index contributed by atoms with van der Waals surface area (Å²) in [4.78, 5) is 25.5. The van der Waals surface area contributed by atoms with Crippen LogP contribution in [0.15, 0.2) is 24.4 Å². The Hall–Kier alpha value is -2.56. The molecule has 116 valence electrons. The number of benzene rings is 1. The Morgan fingerprint density at radius 1 is 1.26 bits per heavy atom. The maximum atomic E-state index is 11.6. The van der Waals surface area contributed by atoms with Gasteiger partial charge in [0.2, 0.25) is 0 Å². The molecule has 3 aromatic rings. The summed E-state index contributed by atoms with van der Waals surface area (Å²) in [5.41, 5.74) is 2.35. The number of Topliss-reactive ketones (excluding diaryl/α,β-unsaturated/α-hetero) is 1. The number of carbonyl (C=O) groups excluding carboxylic acids is 1. The van der Waals surface area contributed by atoms with Crippen molar-refractivity contribution in [2.75, 3.05) is 5.32 Å². The highest BCUT2D eigenvalue weighted by Crippen LogP contribution is 2.32. The average Bonchev–Trinajstić information content (AvgIpc) is 3.38. The molecule has 0 bridgehead atoms. The fourth-order valence-electron chi connectivity index (χ4n) is 2.73. The molecule has 2 heterocycles. The number of hydrogen-bond donors (Lipinski definition) is 1. The largest absolute Gasteiger partial charge is 0.366 e. The third-order valence-corrected chi connectivity index (χ3v) is 4.22. The van der Waals surface area contributed by atoms with Crippen molar-refractivity contribution in [2.24, 2.45) is 0 Å². The smallest absolute Gasteiger partial charge is 0.159 e. The molecule has 1 aromatic carbocycles. The fraction of sp³-hybridized carbons (Fsp3) is 0.333. The van der Waals surface area contributed by atoms with Crippen molar-refractivity contribution in [3.63, 3.8) is 0 Å². The van der Waals surface area contributed by atoms with E-state index in [1.54, 1.807) is 6.92 Å². The van der Waals surface area contributed by atoms with E-state index < -0.39 is 0 Å². The van der Waals surface area contributed by atoms with Crippen molar-refractivity contribution < 1.29 is 4.79 Å². The van der Waals surface area contributed by atoms with Crippen LogP contribution in [-0.2, 0) is 6.42 Å². The molecule has 1 fully saturated rings. The summed E-state index contributed by atoms with van der Waals surface area (Å²) in [5.74, 6) is 1.66. The van der Waals surface area contributed by atoms with Gasteiger partial charge in [0, 0.05) is 35.0 Å². The van der Waals surface area contributed by atoms with Crippen LogP contribution >= 0.6 is 0 Å². The van der Waals surface area contributed by atoms with Crippen LogP contribution in [0.1, 0.15) is 42.9 Å². The lowest BCUT2D eigenvalue weighted by molar-refractivity contribution is 0.101. The Morgan fingerprint density at radius 3 is 2.78 bits per heavy atom. The minimum absolute atomic E-state index is 0.0445. The molecule has 4 rings (SSSR count). The predicted octanol–water partition coefficient (Wildman–Crippen LogP) is 3.52. The Balaban J connectivity index is 2.01. The van der Waals surface area contributed by atoms with Gasteiger partial charge >= 0.3 is 0 Å². The quantitative estimate of drug-likeness (QED) is 0.590. The molecule has 2 aromatic heterocycles. The number of nitrogens with zero attached hydrogens (tertiary/aromatic N) is 3. The maximum absolute atomic E-state index is 11.6.